The molecule has 0 radical (unpaired) electrons. The third-order valence-electron chi connectivity index (χ3n) is 3.08. The smallest absolute Gasteiger partial charge is 0.228 e. The van der Waals surface area contributed by atoms with Gasteiger partial charge in [0.2, 0.25) is 5.91 Å². The van der Waals surface area contributed by atoms with Crippen LogP contribution in [0.15, 0.2) is 18.2 Å². The Labute approximate surface area is 90.1 Å². The van der Waals surface area contributed by atoms with Crippen molar-refractivity contribution in [2.45, 2.75) is 19.4 Å². The normalized spacial score (nSPS) is 20.3. The lowest BCUT2D eigenvalue weighted by atomic mass is 9.94. The van der Waals surface area contributed by atoms with Gasteiger partial charge in [0.1, 0.15) is 0 Å². The molecule has 2 rings (SSSR count). The van der Waals surface area contributed by atoms with E-state index in [0.717, 1.165) is 11.3 Å². The zero-order valence-electron chi connectivity index (χ0n) is 9.37. The van der Waals surface area contributed by atoms with Gasteiger partial charge in [-0.2, -0.15) is 0 Å². The lowest BCUT2D eigenvalue weighted by Crippen LogP contribution is -2.37. The third kappa shape index (κ3) is 1.53. The first-order chi connectivity index (χ1) is 7.15. The van der Waals surface area contributed by atoms with Gasteiger partial charge in [0.05, 0.1) is 5.69 Å². The highest BCUT2D eigenvalue weighted by molar-refractivity contribution is 5.97. The summed E-state index contributed by atoms with van der Waals surface area (Å²) in [6.45, 7) is 2.04. The number of hydrogen-bond acceptors (Lipinski definition) is 2. The molecular weight excluding hydrogens is 188 g/mol. The Morgan fingerprint density at radius 1 is 1.47 bits per heavy atom. The fourth-order valence-corrected chi connectivity index (χ4v) is 2.22. The average Bonchev–Trinajstić information content (AvgIpc) is 2.23. The van der Waals surface area contributed by atoms with Gasteiger partial charge in [-0.15, -0.1) is 0 Å². The van der Waals surface area contributed by atoms with Crippen LogP contribution in [0.1, 0.15) is 23.6 Å². The fraction of sp³-hybridized carbons (Fsp3) is 0.417. The zero-order valence-corrected chi connectivity index (χ0v) is 9.37. The molecular formula is C12H16N2O. The second-order valence-corrected chi connectivity index (χ2v) is 4.01. The van der Waals surface area contributed by atoms with E-state index in [-0.39, 0.29) is 11.9 Å². The molecule has 0 aliphatic carbocycles. The Balaban J connectivity index is 2.58. The van der Waals surface area contributed by atoms with Crippen molar-refractivity contribution in [3.05, 3.63) is 29.3 Å². The number of nitrogens with zero attached hydrogens (tertiary/aromatic N) is 1. The lowest BCUT2D eigenvalue weighted by molar-refractivity contribution is -0.119. The van der Waals surface area contributed by atoms with E-state index in [9.17, 15) is 4.79 Å². The maximum absolute atomic E-state index is 11.8. The minimum atomic E-state index is 0.156. The molecule has 1 unspecified atom stereocenters. The summed E-state index contributed by atoms with van der Waals surface area (Å²) in [5.41, 5.74) is 3.44. The highest BCUT2D eigenvalue weighted by atomic mass is 16.2. The Bertz CT molecular complexity index is 401. The molecule has 0 saturated carbocycles. The summed E-state index contributed by atoms with van der Waals surface area (Å²) in [7, 11) is 3.75. The lowest BCUT2D eigenvalue weighted by Gasteiger charge is -2.32. The Morgan fingerprint density at radius 2 is 2.20 bits per heavy atom. The molecule has 0 saturated heterocycles. The van der Waals surface area contributed by atoms with E-state index < -0.39 is 0 Å². The number of para-hydroxylation sites is 1. The second-order valence-electron chi connectivity index (χ2n) is 4.01. The number of fused-ring (bicyclic) bond motifs is 1. The van der Waals surface area contributed by atoms with Crippen molar-refractivity contribution in [3.63, 3.8) is 0 Å². The van der Waals surface area contributed by atoms with Gasteiger partial charge < -0.3 is 10.2 Å². The van der Waals surface area contributed by atoms with Crippen molar-refractivity contribution in [2.75, 3.05) is 19.0 Å². The molecule has 0 bridgehead atoms. The molecule has 80 valence electrons. The maximum atomic E-state index is 11.8. The average molecular weight is 204 g/mol. The summed E-state index contributed by atoms with van der Waals surface area (Å²) in [6.07, 6.45) is 0.545. The van der Waals surface area contributed by atoms with Crippen molar-refractivity contribution in [1.82, 2.24) is 5.32 Å². The van der Waals surface area contributed by atoms with Crippen LogP contribution in [-0.4, -0.2) is 20.0 Å². The predicted octanol–water partition coefficient (Wildman–Crippen LogP) is 1.62. The van der Waals surface area contributed by atoms with Crippen LogP contribution in [0, 0.1) is 6.92 Å². The van der Waals surface area contributed by atoms with Crippen molar-refractivity contribution in [3.8, 4) is 0 Å². The molecule has 1 aromatic carbocycles. The summed E-state index contributed by atoms with van der Waals surface area (Å²) >= 11 is 0. The summed E-state index contributed by atoms with van der Waals surface area (Å²) < 4.78 is 0. The molecule has 1 heterocycles. The highest BCUT2D eigenvalue weighted by Gasteiger charge is 2.28. The molecule has 0 aromatic heterocycles. The number of aryl methyl sites for hydroxylation is 1. The molecule has 3 nitrogen and oxygen atoms in total. The van der Waals surface area contributed by atoms with E-state index >= 15 is 0 Å². The van der Waals surface area contributed by atoms with Gasteiger partial charge in [0.25, 0.3) is 0 Å². The number of amides is 1. The molecule has 1 aliphatic heterocycles. The van der Waals surface area contributed by atoms with E-state index in [2.05, 4.69) is 11.4 Å². The largest absolute Gasteiger partial charge is 0.315 e. The molecule has 1 aliphatic rings. The monoisotopic (exact) mass is 204 g/mol. The van der Waals surface area contributed by atoms with Gasteiger partial charge in [-0.3, -0.25) is 4.79 Å². The Morgan fingerprint density at radius 3 is 2.87 bits per heavy atom. The predicted molar refractivity (Wildman–Crippen MR) is 61.0 cm³/mol. The zero-order chi connectivity index (χ0) is 11.0. The molecule has 3 heteroatoms. The van der Waals surface area contributed by atoms with Gasteiger partial charge >= 0.3 is 0 Å². The van der Waals surface area contributed by atoms with Crippen LogP contribution in [0.5, 0.6) is 0 Å². The van der Waals surface area contributed by atoms with E-state index in [1.807, 2.05) is 33.2 Å². The SMILES string of the molecule is CNC1CC(=O)N(C)c2c(C)cccc21. The van der Waals surface area contributed by atoms with Gasteiger partial charge in [-0.05, 0) is 25.1 Å². The molecule has 15 heavy (non-hydrogen) atoms. The molecule has 1 amide bonds. The van der Waals surface area contributed by atoms with Crippen molar-refractivity contribution >= 4 is 11.6 Å². The number of nitrogens with one attached hydrogen (secondary N) is 1. The number of anilines is 1. The van der Waals surface area contributed by atoms with Crippen LogP contribution >= 0.6 is 0 Å². The van der Waals surface area contributed by atoms with Gasteiger partial charge in [-0.25, -0.2) is 0 Å². The molecule has 1 aromatic rings. The van der Waals surface area contributed by atoms with Crippen LogP contribution in [0.4, 0.5) is 5.69 Å². The highest BCUT2D eigenvalue weighted by Crippen LogP contribution is 2.35. The van der Waals surface area contributed by atoms with Crippen LogP contribution < -0.4 is 10.2 Å². The van der Waals surface area contributed by atoms with Crippen LogP contribution in [-0.2, 0) is 4.79 Å². The summed E-state index contributed by atoms with van der Waals surface area (Å²) in [4.78, 5) is 13.5. The van der Waals surface area contributed by atoms with E-state index in [0.29, 0.717) is 6.42 Å². The second kappa shape index (κ2) is 3.66. The number of benzene rings is 1. The molecule has 1 N–H and O–H groups in total. The van der Waals surface area contributed by atoms with Crippen LogP contribution in [0.25, 0.3) is 0 Å². The molecule has 0 spiro atoms. The number of rotatable bonds is 1. The summed E-state index contributed by atoms with van der Waals surface area (Å²) in [5, 5.41) is 3.19. The van der Waals surface area contributed by atoms with Gasteiger partial charge in [0, 0.05) is 19.5 Å². The molecule has 0 fully saturated rings. The Kier molecular flexibility index (Phi) is 2.49. The molecule has 1 atom stereocenters. The van der Waals surface area contributed by atoms with Crippen molar-refractivity contribution in [1.29, 1.82) is 0 Å². The third-order valence-corrected chi connectivity index (χ3v) is 3.08. The van der Waals surface area contributed by atoms with Crippen LogP contribution in [0.3, 0.4) is 0 Å². The van der Waals surface area contributed by atoms with Crippen molar-refractivity contribution in [2.24, 2.45) is 0 Å². The first-order valence-electron chi connectivity index (χ1n) is 5.18. The number of carbonyl (C=O) groups excluding carboxylic acids is 1. The number of carbonyl (C=O) groups is 1. The fourth-order valence-electron chi connectivity index (χ4n) is 2.22. The van der Waals surface area contributed by atoms with Crippen LogP contribution in [0.2, 0.25) is 0 Å². The van der Waals surface area contributed by atoms with Gasteiger partial charge in [-0.1, -0.05) is 18.2 Å². The minimum Gasteiger partial charge on any atom is -0.315 e. The van der Waals surface area contributed by atoms with E-state index in [1.54, 1.807) is 4.90 Å². The first kappa shape index (κ1) is 10.2. The minimum absolute atomic E-state index is 0.156. The quantitative estimate of drug-likeness (QED) is 0.754. The first-order valence-corrected chi connectivity index (χ1v) is 5.18. The standard InChI is InChI=1S/C12H16N2O/c1-8-5-4-6-9-10(13-2)7-11(15)14(3)12(8)9/h4-6,10,13H,7H2,1-3H3. The van der Waals surface area contributed by atoms with Crippen molar-refractivity contribution < 1.29 is 4.79 Å². The maximum Gasteiger partial charge on any atom is 0.228 e. The summed E-state index contributed by atoms with van der Waals surface area (Å²) in [5.74, 6) is 0.177. The van der Waals surface area contributed by atoms with E-state index in [4.69, 9.17) is 0 Å². The summed E-state index contributed by atoms with van der Waals surface area (Å²) in [6, 6.07) is 6.33. The van der Waals surface area contributed by atoms with Gasteiger partial charge in [0.15, 0.2) is 0 Å². The van der Waals surface area contributed by atoms with E-state index in [1.165, 1.54) is 5.56 Å². The topological polar surface area (TPSA) is 32.3 Å². The number of hydrogen-bond donors (Lipinski definition) is 1. The Hall–Kier alpha value is -1.35.